The molecule has 1 aromatic heterocycles. The first-order valence-corrected chi connectivity index (χ1v) is 11.2. The minimum atomic E-state index is -0.482. The molecule has 1 aliphatic heterocycles. The number of ketones is 1. The highest BCUT2D eigenvalue weighted by molar-refractivity contribution is 6.06. The second kappa shape index (κ2) is 10.1. The number of benzene rings is 1. The summed E-state index contributed by atoms with van der Waals surface area (Å²) in [6.07, 6.45) is 0.755. The van der Waals surface area contributed by atoms with E-state index >= 15 is 0 Å². The quantitative estimate of drug-likeness (QED) is 0.419. The van der Waals surface area contributed by atoms with Crippen molar-refractivity contribution in [3.8, 4) is 11.5 Å². The van der Waals surface area contributed by atoms with E-state index in [1.54, 1.807) is 34.6 Å². The summed E-state index contributed by atoms with van der Waals surface area (Å²) in [6, 6.07) is 5.04. The Morgan fingerprint density at radius 1 is 1.15 bits per heavy atom. The molecular formula is C25H32N2O6. The molecule has 0 spiro atoms. The molecule has 1 amide bonds. The molecule has 0 bridgehead atoms. The summed E-state index contributed by atoms with van der Waals surface area (Å²) < 4.78 is 17.4. The van der Waals surface area contributed by atoms with Crippen LogP contribution in [0.5, 0.6) is 11.5 Å². The van der Waals surface area contributed by atoms with Gasteiger partial charge in [0, 0.05) is 29.9 Å². The summed E-state index contributed by atoms with van der Waals surface area (Å²) in [5.74, 6) is 0.539. The summed E-state index contributed by atoms with van der Waals surface area (Å²) in [6.45, 7) is 10.6. The van der Waals surface area contributed by atoms with Crippen LogP contribution in [0, 0.1) is 19.8 Å². The van der Waals surface area contributed by atoms with Crippen LogP contribution >= 0.6 is 0 Å². The highest BCUT2D eigenvalue weighted by Gasteiger charge is 2.29. The number of rotatable bonds is 9. The lowest BCUT2D eigenvalue weighted by atomic mass is 10.0. The Bertz CT molecular complexity index is 1070. The second-order valence-electron chi connectivity index (χ2n) is 8.57. The molecule has 0 atom stereocenters. The van der Waals surface area contributed by atoms with Gasteiger partial charge in [0.15, 0.2) is 17.3 Å². The predicted octanol–water partition coefficient (Wildman–Crippen LogP) is 4.01. The maximum atomic E-state index is 13.5. The van der Waals surface area contributed by atoms with E-state index in [0.717, 1.165) is 6.42 Å². The maximum absolute atomic E-state index is 13.5. The van der Waals surface area contributed by atoms with Gasteiger partial charge in [-0.25, -0.2) is 4.79 Å². The summed E-state index contributed by atoms with van der Waals surface area (Å²) in [7, 11) is 1.32. The third kappa shape index (κ3) is 4.89. The topological polar surface area (TPSA) is 87.1 Å². The molecule has 8 nitrogen and oxygen atoms in total. The molecule has 178 valence electrons. The van der Waals surface area contributed by atoms with Crippen LogP contribution in [0.25, 0.3) is 0 Å². The maximum Gasteiger partial charge on any atom is 0.354 e. The molecule has 0 N–H and O–H groups in total. The van der Waals surface area contributed by atoms with Crippen molar-refractivity contribution in [1.82, 2.24) is 9.47 Å². The van der Waals surface area contributed by atoms with E-state index in [2.05, 4.69) is 13.8 Å². The van der Waals surface area contributed by atoms with Crippen LogP contribution in [0.15, 0.2) is 18.2 Å². The zero-order valence-corrected chi connectivity index (χ0v) is 20.2. The molecule has 0 saturated heterocycles. The number of methoxy groups -OCH3 is 1. The van der Waals surface area contributed by atoms with Crippen LogP contribution in [-0.2, 0) is 11.3 Å². The van der Waals surface area contributed by atoms with E-state index in [1.165, 1.54) is 7.11 Å². The Labute approximate surface area is 194 Å². The number of Topliss-reactive ketones (excluding diaryl/α,β-unsaturated/α-hetero) is 1. The van der Waals surface area contributed by atoms with Crippen molar-refractivity contribution in [2.75, 3.05) is 27.0 Å². The van der Waals surface area contributed by atoms with Crippen LogP contribution in [0.4, 0.5) is 0 Å². The number of carbonyl (C=O) groups excluding carboxylic acids is 3. The molecular weight excluding hydrogens is 424 g/mol. The highest BCUT2D eigenvalue weighted by Crippen LogP contribution is 2.33. The van der Waals surface area contributed by atoms with Crippen molar-refractivity contribution in [3.05, 3.63) is 46.3 Å². The van der Waals surface area contributed by atoms with Crippen molar-refractivity contribution in [3.63, 3.8) is 0 Å². The Kier molecular flexibility index (Phi) is 7.46. The largest absolute Gasteiger partial charge is 0.464 e. The zero-order valence-electron chi connectivity index (χ0n) is 20.2. The van der Waals surface area contributed by atoms with E-state index in [0.29, 0.717) is 58.6 Å². The number of hydrogen-bond donors (Lipinski definition) is 0. The second-order valence-corrected chi connectivity index (χ2v) is 8.57. The monoisotopic (exact) mass is 456 g/mol. The van der Waals surface area contributed by atoms with Crippen molar-refractivity contribution in [2.45, 2.75) is 47.6 Å². The van der Waals surface area contributed by atoms with Crippen molar-refractivity contribution >= 4 is 17.7 Å². The Hall–Kier alpha value is -3.29. The molecule has 0 aliphatic carbocycles. The van der Waals surface area contributed by atoms with Gasteiger partial charge in [-0.05, 0) is 56.9 Å². The summed E-state index contributed by atoms with van der Waals surface area (Å²) in [5.41, 5.74) is 2.54. The van der Waals surface area contributed by atoms with Crippen LogP contribution in [0.3, 0.4) is 0 Å². The number of ether oxygens (including phenoxy) is 3. The normalized spacial score (nSPS) is 12.2. The highest BCUT2D eigenvalue weighted by atomic mass is 16.7. The minimum Gasteiger partial charge on any atom is -0.464 e. The first-order valence-electron chi connectivity index (χ1n) is 11.2. The number of hydrogen-bond acceptors (Lipinski definition) is 6. The number of esters is 1. The third-order valence-electron chi connectivity index (χ3n) is 5.96. The Balaban J connectivity index is 1.92. The number of amides is 1. The van der Waals surface area contributed by atoms with Crippen molar-refractivity contribution < 1.29 is 28.6 Å². The van der Waals surface area contributed by atoms with Crippen molar-refractivity contribution in [2.24, 2.45) is 5.92 Å². The molecule has 0 unspecified atom stereocenters. The molecule has 0 saturated carbocycles. The van der Waals surface area contributed by atoms with Gasteiger partial charge < -0.3 is 23.7 Å². The smallest absolute Gasteiger partial charge is 0.354 e. The van der Waals surface area contributed by atoms with E-state index in [9.17, 15) is 14.4 Å². The lowest BCUT2D eigenvalue weighted by Gasteiger charge is -2.23. The van der Waals surface area contributed by atoms with Gasteiger partial charge in [-0.1, -0.05) is 13.8 Å². The van der Waals surface area contributed by atoms with E-state index in [-0.39, 0.29) is 25.0 Å². The zero-order chi connectivity index (χ0) is 24.3. The lowest BCUT2D eigenvalue weighted by Crippen LogP contribution is -2.37. The van der Waals surface area contributed by atoms with Crippen LogP contribution < -0.4 is 9.47 Å². The Morgan fingerprint density at radius 3 is 2.48 bits per heavy atom. The Morgan fingerprint density at radius 2 is 1.85 bits per heavy atom. The summed E-state index contributed by atoms with van der Waals surface area (Å²) >= 11 is 0. The summed E-state index contributed by atoms with van der Waals surface area (Å²) in [5, 5.41) is 0. The number of carbonyl (C=O) groups is 3. The SMILES string of the molecule is CCn1c(C)c(C(=O)CN(CCC(C)C)C(=O)c2ccc3c(c2)OCO3)c(C)c1C(=O)OC. The first kappa shape index (κ1) is 24.4. The minimum absolute atomic E-state index is 0.0873. The van der Waals surface area contributed by atoms with E-state index < -0.39 is 5.97 Å². The number of fused-ring (bicyclic) bond motifs is 1. The fourth-order valence-corrected chi connectivity index (χ4v) is 4.19. The van der Waals surface area contributed by atoms with Crippen molar-refractivity contribution in [1.29, 1.82) is 0 Å². The van der Waals surface area contributed by atoms with Gasteiger partial charge in [-0.3, -0.25) is 9.59 Å². The average Bonchev–Trinajstić information content (AvgIpc) is 3.36. The molecule has 3 rings (SSSR count). The van der Waals surface area contributed by atoms with Crippen LogP contribution in [0.2, 0.25) is 0 Å². The van der Waals surface area contributed by atoms with Gasteiger partial charge in [-0.15, -0.1) is 0 Å². The lowest BCUT2D eigenvalue weighted by molar-refractivity contribution is 0.0587. The third-order valence-corrected chi connectivity index (χ3v) is 5.96. The molecule has 2 aromatic rings. The van der Waals surface area contributed by atoms with Gasteiger partial charge in [-0.2, -0.15) is 0 Å². The standard InChI is InChI=1S/C25H32N2O6/c1-7-27-17(5)22(16(4)23(27)25(30)31-6)19(28)13-26(11-10-15(2)3)24(29)18-8-9-20-21(12-18)33-14-32-20/h8-9,12,15H,7,10-11,13-14H2,1-6H3. The van der Waals surface area contributed by atoms with Crippen LogP contribution in [-0.4, -0.2) is 54.1 Å². The molecule has 0 fully saturated rings. The van der Waals surface area contributed by atoms with Gasteiger partial charge in [0.25, 0.3) is 5.91 Å². The van der Waals surface area contributed by atoms with Gasteiger partial charge >= 0.3 is 5.97 Å². The van der Waals surface area contributed by atoms with Crippen LogP contribution in [0.1, 0.15) is 69.7 Å². The first-order chi connectivity index (χ1) is 15.7. The van der Waals surface area contributed by atoms with Gasteiger partial charge in [0.2, 0.25) is 6.79 Å². The fourth-order valence-electron chi connectivity index (χ4n) is 4.19. The molecule has 2 heterocycles. The van der Waals surface area contributed by atoms with Gasteiger partial charge in [0.05, 0.1) is 13.7 Å². The number of nitrogens with zero attached hydrogens (tertiary/aromatic N) is 2. The molecule has 1 aliphatic rings. The van der Waals surface area contributed by atoms with E-state index in [4.69, 9.17) is 14.2 Å². The molecule has 0 radical (unpaired) electrons. The average molecular weight is 457 g/mol. The summed E-state index contributed by atoms with van der Waals surface area (Å²) in [4.78, 5) is 40.7. The molecule has 8 heteroatoms. The predicted molar refractivity (Wildman–Crippen MR) is 123 cm³/mol. The van der Waals surface area contributed by atoms with Gasteiger partial charge in [0.1, 0.15) is 5.69 Å². The molecule has 1 aromatic carbocycles. The fraction of sp³-hybridized carbons (Fsp3) is 0.480. The number of aromatic nitrogens is 1. The molecule has 33 heavy (non-hydrogen) atoms. The van der Waals surface area contributed by atoms with E-state index in [1.807, 2.05) is 13.8 Å².